The maximum absolute atomic E-state index is 15.1. The fraction of sp³-hybridized carbons (Fsp3) is 0.613. The van der Waals surface area contributed by atoms with Crippen molar-refractivity contribution in [2.45, 2.75) is 101 Å². The van der Waals surface area contributed by atoms with E-state index in [1.54, 1.807) is 37.3 Å². The lowest BCUT2D eigenvalue weighted by atomic mass is 9.50. The number of fused-ring (bicyclic) bond motifs is 4. The molecule has 224 valence electrons. The number of ketones is 1. The summed E-state index contributed by atoms with van der Waals surface area (Å²) < 4.78 is 76.8. The van der Waals surface area contributed by atoms with Crippen molar-refractivity contribution in [1.29, 1.82) is 0 Å². The molecule has 5 rings (SSSR count). The Morgan fingerprint density at radius 1 is 1.07 bits per heavy atom. The highest BCUT2D eigenvalue weighted by Crippen LogP contribution is 2.70. The molecule has 0 amide bonds. The van der Waals surface area contributed by atoms with Crippen LogP contribution in [0.1, 0.15) is 88.9 Å². The molecule has 0 saturated heterocycles. The van der Waals surface area contributed by atoms with Gasteiger partial charge in [0.25, 0.3) is 0 Å². The van der Waals surface area contributed by atoms with Crippen molar-refractivity contribution in [2.75, 3.05) is 0 Å². The summed E-state index contributed by atoms with van der Waals surface area (Å²) in [5, 5.41) is 11.4. The van der Waals surface area contributed by atoms with Gasteiger partial charge in [0, 0.05) is 17.8 Å². The molecular formula is C31H36F5NO4. The van der Waals surface area contributed by atoms with Gasteiger partial charge in [0.1, 0.15) is 17.7 Å². The van der Waals surface area contributed by atoms with Crippen LogP contribution in [0.15, 0.2) is 47.1 Å². The maximum atomic E-state index is 15.1. The Morgan fingerprint density at radius 3 is 2.34 bits per heavy atom. The normalized spacial score (nSPS) is 33.4. The third-order valence-corrected chi connectivity index (χ3v) is 10.2. The average molecular weight is 582 g/mol. The molecule has 41 heavy (non-hydrogen) atoms. The summed E-state index contributed by atoms with van der Waals surface area (Å²) in [6, 6.07) is 6.27. The van der Waals surface area contributed by atoms with Crippen LogP contribution < -0.4 is 5.73 Å². The second kappa shape index (κ2) is 10.0. The molecule has 5 nitrogen and oxygen atoms in total. The molecule has 0 aromatic heterocycles. The lowest BCUT2D eigenvalue weighted by Gasteiger charge is -2.56. The summed E-state index contributed by atoms with van der Waals surface area (Å²) in [5.41, 5.74) is 4.95. The van der Waals surface area contributed by atoms with E-state index in [0.29, 0.717) is 31.2 Å². The van der Waals surface area contributed by atoms with Crippen LogP contribution in [0.25, 0.3) is 0 Å². The number of alkyl halides is 5. The Hall–Kier alpha value is -2.59. The second-order valence-corrected chi connectivity index (χ2v) is 12.5. The number of halogens is 5. The molecule has 0 aliphatic heterocycles. The number of benzene rings is 1. The number of ether oxygens (including phenoxy) is 1. The molecule has 3 N–H and O–H groups in total. The van der Waals surface area contributed by atoms with E-state index in [4.69, 9.17) is 10.5 Å². The summed E-state index contributed by atoms with van der Waals surface area (Å²) in [4.78, 5) is 24.2. The fourth-order valence-corrected chi connectivity index (χ4v) is 8.06. The molecule has 0 spiro atoms. The number of carbonyl (C=O) groups excluding carboxylic acids is 2. The number of nitrogens with two attached hydrogens (primary N) is 1. The molecule has 4 aliphatic rings. The van der Waals surface area contributed by atoms with Crippen molar-refractivity contribution >= 4 is 11.8 Å². The van der Waals surface area contributed by atoms with E-state index in [-0.39, 0.29) is 24.5 Å². The van der Waals surface area contributed by atoms with Crippen molar-refractivity contribution in [1.82, 2.24) is 0 Å². The number of aliphatic hydroxyl groups is 1. The van der Waals surface area contributed by atoms with E-state index in [2.05, 4.69) is 0 Å². The monoisotopic (exact) mass is 581 g/mol. The number of allylic oxidation sites excluding steroid dienone is 4. The average Bonchev–Trinajstić information content (AvgIpc) is 3.18. The minimum atomic E-state index is -5.89. The molecule has 0 bridgehead atoms. The smallest absolute Gasteiger partial charge is 0.456 e. The van der Waals surface area contributed by atoms with Crippen LogP contribution >= 0.6 is 0 Å². The highest BCUT2D eigenvalue weighted by Gasteiger charge is 2.79. The lowest BCUT2D eigenvalue weighted by molar-refractivity contribution is -0.362. The van der Waals surface area contributed by atoms with Gasteiger partial charge in [0.15, 0.2) is 5.78 Å². The third kappa shape index (κ3) is 4.56. The Bertz CT molecular complexity index is 1300. The summed E-state index contributed by atoms with van der Waals surface area (Å²) in [6.07, 6.45) is -3.64. The minimum Gasteiger partial charge on any atom is -0.457 e. The Labute approximate surface area is 236 Å². The minimum absolute atomic E-state index is 0.0275. The highest BCUT2D eigenvalue weighted by molar-refractivity contribution is 5.93. The third-order valence-electron chi connectivity index (χ3n) is 10.2. The summed E-state index contributed by atoms with van der Waals surface area (Å²) >= 11 is 0. The molecule has 7 atom stereocenters. The van der Waals surface area contributed by atoms with E-state index in [0.717, 1.165) is 22.3 Å². The molecule has 0 heterocycles. The van der Waals surface area contributed by atoms with E-state index in [9.17, 15) is 27.9 Å². The maximum Gasteiger partial charge on any atom is 0.456 e. The van der Waals surface area contributed by atoms with Gasteiger partial charge >= 0.3 is 18.1 Å². The van der Waals surface area contributed by atoms with Crippen molar-refractivity contribution in [3.8, 4) is 0 Å². The van der Waals surface area contributed by atoms with Crippen LogP contribution in [0.2, 0.25) is 0 Å². The zero-order valence-electron chi connectivity index (χ0n) is 23.4. The van der Waals surface area contributed by atoms with Crippen molar-refractivity contribution in [3.05, 3.63) is 58.2 Å². The van der Waals surface area contributed by atoms with Crippen LogP contribution in [-0.4, -0.2) is 40.6 Å². The van der Waals surface area contributed by atoms with E-state index in [1.807, 2.05) is 0 Å². The first-order chi connectivity index (χ1) is 19.0. The van der Waals surface area contributed by atoms with Crippen LogP contribution in [0.5, 0.6) is 0 Å². The zero-order valence-corrected chi connectivity index (χ0v) is 23.4. The molecule has 2 saturated carbocycles. The predicted octanol–water partition coefficient (Wildman–Crippen LogP) is 6.47. The van der Waals surface area contributed by atoms with Crippen LogP contribution in [-0.2, 0) is 14.3 Å². The molecule has 1 aromatic carbocycles. The largest absolute Gasteiger partial charge is 0.457 e. The van der Waals surface area contributed by atoms with E-state index in [1.165, 1.54) is 13.8 Å². The molecule has 1 unspecified atom stereocenters. The highest BCUT2D eigenvalue weighted by atomic mass is 19.4. The lowest BCUT2D eigenvalue weighted by Crippen LogP contribution is -2.65. The Kier molecular flexibility index (Phi) is 7.29. The zero-order chi connectivity index (χ0) is 30.1. The summed E-state index contributed by atoms with van der Waals surface area (Å²) in [6.45, 7) is 4.61. The number of rotatable bonds is 5. The number of carbonyl (C=O) groups is 2. The Morgan fingerprint density at radius 2 is 1.73 bits per heavy atom. The van der Waals surface area contributed by atoms with Gasteiger partial charge in [-0.1, -0.05) is 36.8 Å². The predicted molar refractivity (Wildman–Crippen MR) is 141 cm³/mol. The van der Waals surface area contributed by atoms with Crippen LogP contribution in [0, 0.1) is 17.3 Å². The summed E-state index contributed by atoms with van der Waals surface area (Å²) in [5.74, 6) is -7.20. The second-order valence-electron chi connectivity index (χ2n) is 12.5. The first-order valence-electron chi connectivity index (χ1n) is 14.2. The first kappa shape index (κ1) is 29.9. The van der Waals surface area contributed by atoms with Gasteiger partial charge in [0.05, 0.1) is 0 Å². The standard InChI is InChI=1S/C31H36F5NO4/c1-16(37)27(39)41-17(2)18-4-6-19(7-5-18)24-15-28(3)25(12-13-29(28,40)30(32,33)31(34,35)36)23-10-8-20-14-21(38)9-11-22(20)26(23)24/h4-7,14,16-17,23-25,40H,8-13,15,37H2,1-3H3/t16-,17?,23-,24+,25-,28-,29-/m0/s1. The number of esters is 1. The number of hydrogen-bond acceptors (Lipinski definition) is 5. The van der Waals surface area contributed by atoms with Crippen LogP contribution in [0.3, 0.4) is 0 Å². The van der Waals surface area contributed by atoms with E-state index >= 15 is 8.78 Å². The first-order valence-corrected chi connectivity index (χ1v) is 14.2. The van der Waals surface area contributed by atoms with Gasteiger partial charge in [-0.3, -0.25) is 9.59 Å². The van der Waals surface area contributed by atoms with E-state index < -0.39 is 59.5 Å². The molecule has 1 aromatic rings. The van der Waals surface area contributed by atoms with Gasteiger partial charge < -0.3 is 15.6 Å². The van der Waals surface area contributed by atoms with Crippen molar-refractivity contribution in [3.63, 3.8) is 0 Å². The molecule has 10 heteroatoms. The fourth-order valence-electron chi connectivity index (χ4n) is 8.06. The van der Waals surface area contributed by atoms with Gasteiger partial charge in [-0.05, 0) is 92.6 Å². The van der Waals surface area contributed by atoms with Crippen molar-refractivity contribution in [2.24, 2.45) is 23.0 Å². The van der Waals surface area contributed by atoms with Gasteiger partial charge in [-0.15, -0.1) is 0 Å². The quantitative estimate of drug-likeness (QED) is 0.308. The van der Waals surface area contributed by atoms with Gasteiger partial charge in [-0.25, -0.2) is 0 Å². The molecule has 2 fully saturated rings. The SMILES string of the molecule is CC(OC(=O)[C@H](C)N)c1ccc([C@H]2C[C@@]3(C)[C@@H](CC[C@@]3(O)C(F)(F)C(F)(F)F)[C@@H]3CCC4=CC(=O)CCC4=C32)cc1. The Balaban J connectivity index is 1.60. The van der Waals surface area contributed by atoms with Gasteiger partial charge in [0.2, 0.25) is 0 Å². The van der Waals surface area contributed by atoms with Gasteiger partial charge in [-0.2, -0.15) is 22.0 Å². The van der Waals surface area contributed by atoms with Crippen LogP contribution in [0.4, 0.5) is 22.0 Å². The molecular weight excluding hydrogens is 545 g/mol. The molecule has 4 aliphatic carbocycles. The number of hydrogen-bond donors (Lipinski definition) is 2. The summed E-state index contributed by atoms with van der Waals surface area (Å²) in [7, 11) is 0. The molecule has 0 radical (unpaired) electrons. The topological polar surface area (TPSA) is 89.6 Å². The van der Waals surface area contributed by atoms with Crippen molar-refractivity contribution < 1.29 is 41.4 Å².